The topological polar surface area (TPSA) is 50.8 Å². The molecule has 156 valence electrons. The van der Waals surface area contributed by atoms with E-state index in [2.05, 4.69) is 10.2 Å². The molecule has 29 heavy (non-hydrogen) atoms. The lowest BCUT2D eigenvalue weighted by atomic mass is 10.0. The van der Waals surface area contributed by atoms with Gasteiger partial charge in [-0.3, -0.25) is 9.69 Å². The molecule has 3 rings (SSSR count). The van der Waals surface area contributed by atoms with E-state index in [1.54, 1.807) is 7.11 Å². The number of benzene rings is 2. The standard InChI is InChI=1S/C21H23F3N2O3/c1-28-18-8-4-15(5-9-18)19(26-10-12-29-13-11-26)14-25-20(27)16-2-6-17(7-3-16)21(22,23)24/h2-9,19H,10-14H2,1H3,(H,25,27). The van der Waals surface area contributed by atoms with Crippen LogP contribution in [0.15, 0.2) is 48.5 Å². The first-order valence-electron chi connectivity index (χ1n) is 9.29. The van der Waals surface area contributed by atoms with E-state index in [4.69, 9.17) is 9.47 Å². The Balaban J connectivity index is 1.70. The average Bonchev–Trinajstić information content (AvgIpc) is 2.74. The van der Waals surface area contributed by atoms with Crippen LogP contribution < -0.4 is 10.1 Å². The molecule has 1 aliphatic rings. The molecule has 8 heteroatoms. The Bertz CT molecular complexity index is 801. The Hall–Kier alpha value is -2.58. The molecule has 1 aliphatic heterocycles. The zero-order chi connectivity index (χ0) is 20.9. The first-order valence-corrected chi connectivity index (χ1v) is 9.29. The molecule has 1 N–H and O–H groups in total. The molecule has 5 nitrogen and oxygen atoms in total. The van der Waals surface area contributed by atoms with Gasteiger partial charge in [-0.2, -0.15) is 13.2 Å². The number of ether oxygens (including phenoxy) is 2. The van der Waals surface area contributed by atoms with Crippen molar-refractivity contribution in [2.24, 2.45) is 0 Å². The molecule has 1 unspecified atom stereocenters. The lowest BCUT2D eigenvalue weighted by molar-refractivity contribution is -0.137. The lowest BCUT2D eigenvalue weighted by Crippen LogP contribution is -2.43. The van der Waals surface area contributed by atoms with Crippen molar-refractivity contribution in [3.05, 3.63) is 65.2 Å². The fourth-order valence-electron chi connectivity index (χ4n) is 3.27. The summed E-state index contributed by atoms with van der Waals surface area (Å²) in [6.07, 6.45) is -4.43. The number of hydrogen-bond donors (Lipinski definition) is 1. The second kappa shape index (κ2) is 9.28. The van der Waals surface area contributed by atoms with Gasteiger partial charge in [-0.1, -0.05) is 12.1 Å². The van der Waals surface area contributed by atoms with Crippen molar-refractivity contribution in [1.82, 2.24) is 10.2 Å². The predicted molar refractivity (Wildman–Crippen MR) is 102 cm³/mol. The maximum Gasteiger partial charge on any atom is 0.416 e. The number of morpholine rings is 1. The third-order valence-corrected chi connectivity index (χ3v) is 4.92. The minimum atomic E-state index is -4.43. The summed E-state index contributed by atoms with van der Waals surface area (Å²) in [5.41, 5.74) is 0.423. The molecule has 0 aromatic heterocycles. The summed E-state index contributed by atoms with van der Waals surface area (Å²) in [6, 6.07) is 11.7. The van der Waals surface area contributed by atoms with Crippen LogP contribution in [0.2, 0.25) is 0 Å². The van der Waals surface area contributed by atoms with Gasteiger partial charge in [-0.25, -0.2) is 0 Å². The normalized spacial score (nSPS) is 16.3. The van der Waals surface area contributed by atoms with E-state index in [0.29, 0.717) is 19.8 Å². The Morgan fingerprint density at radius 3 is 2.28 bits per heavy atom. The van der Waals surface area contributed by atoms with E-state index < -0.39 is 17.6 Å². The number of amides is 1. The van der Waals surface area contributed by atoms with Crippen molar-refractivity contribution < 1.29 is 27.4 Å². The molecule has 2 aromatic rings. The third-order valence-electron chi connectivity index (χ3n) is 4.92. The first-order chi connectivity index (χ1) is 13.9. The Labute approximate surface area is 167 Å². The summed E-state index contributed by atoms with van der Waals surface area (Å²) in [7, 11) is 1.60. The third kappa shape index (κ3) is 5.48. The van der Waals surface area contributed by atoms with E-state index in [9.17, 15) is 18.0 Å². The van der Waals surface area contributed by atoms with Crippen molar-refractivity contribution in [1.29, 1.82) is 0 Å². The Morgan fingerprint density at radius 1 is 1.10 bits per heavy atom. The highest BCUT2D eigenvalue weighted by Crippen LogP contribution is 2.29. The van der Waals surface area contributed by atoms with E-state index in [1.807, 2.05) is 24.3 Å². The smallest absolute Gasteiger partial charge is 0.416 e. The average molecular weight is 408 g/mol. The first kappa shape index (κ1) is 21.1. The van der Waals surface area contributed by atoms with E-state index in [1.165, 1.54) is 12.1 Å². The van der Waals surface area contributed by atoms with Gasteiger partial charge in [0.2, 0.25) is 0 Å². The maximum atomic E-state index is 12.7. The number of carbonyl (C=O) groups is 1. The van der Waals surface area contributed by atoms with E-state index in [-0.39, 0.29) is 11.6 Å². The summed E-state index contributed by atoms with van der Waals surface area (Å²) < 4.78 is 48.7. The molecule has 0 aliphatic carbocycles. The number of hydrogen-bond acceptors (Lipinski definition) is 4. The largest absolute Gasteiger partial charge is 0.497 e. The monoisotopic (exact) mass is 408 g/mol. The SMILES string of the molecule is COc1ccc(C(CNC(=O)c2ccc(C(F)(F)F)cc2)N2CCOCC2)cc1. The van der Waals surface area contributed by atoms with Gasteiger partial charge in [-0.05, 0) is 42.0 Å². The minimum absolute atomic E-state index is 0.0804. The molecular formula is C21H23F3N2O3. The highest BCUT2D eigenvalue weighted by atomic mass is 19.4. The molecule has 0 saturated carbocycles. The van der Waals surface area contributed by atoms with Crippen LogP contribution >= 0.6 is 0 Å². The minimum Gasteiger partial charge on any atom is -0.497 e. The highest BCUT2D eigenvalue weighted by molar-refractivity contribution is 5.94. The highest BCUT2D eigenvalue weighted by Gasteiger charge is 2.30. The fraction of sp³-hybridized carbons (Fsp3) is 0.381. The van der Waals surface area contributed by atoms with E-state index in [0.717, 1.165) is 36.5 Å². The second-order valence-electron chi connectivity index (χ2n) is 6.72. The van der Waals surface area contributed by atoms with Crippen LogP contribution in [0.3, 0.4) is 0 Å². The van der Waals surface area contributed by atoms with Gasteiger partial charge in [0.25, 0.3) is 5.91 Å². The van der Waals surface area contributed by atoms with Gasteiger partial charge in [0.05, 0.1) is 31.9 Å². The van der Waals surface area contributed by atoms with Crippen LogP contribution in [-0.4, -0.2) is 50.8 Å². The Morgan fingerprint density at radius 2 is 1.72 bits per heavy atom. The summed E-state index contributed by atoms with van der Waals surface area (Å²) in [5, 5.41) is 2.85. The van der Waals surface area contributed by atoms with Gasteiger partial charge < -0.3 is 14.8 Å². The fourth-order valence-corrected chi connectivity index (χ4v) is 3.27. The summed E-state index contributed by atoms with van der Waals surface area (Å²) in [4.78, 5) is 14.7. The summed E-state index contributed by atoms with van der Waals surface area (Å²) in [5.74, 6) is 0.328. The zero-order valence-corrected chi connectivity index (χ0v) is 16.0. The molecule has 0 bridgehead atoms. The van der Waals surface area contributed by atoms with Gasteiger partial charge in [0, 0.05) is 25.2 Å². The molecular weight excluding hydrogens is 385 g/mol. The van der Waals surface area contributed by atoms with Gasteiger partial charge in [0.15, 0.2) is 0 Å². The molecule has 0 radical (unpaired) electrons. The van der Waals surface area contributed by atoms with Crippen LogP contribution in [0.1, 0.15) is 27.5 Å². The van der Waals surface area contributed by atoms with Gasteiger partial charge >= 0.3 is 6.18 Å². The van der Waals surface area contributed by atoms with Crippen LogP contribution in [0.5, 0.6) is 5.75 Å². The number of rotatable bonds is 6. The number of carbonyl (C=O) groups excluding carboxylic acids is 1. The van der Waals surface area contributed by atoms with Crippen molar-refractivity contribution in [3.8, 4) is 5.75 Å². The van der Waals surface area contributed by atoms with Crippen LogP contribution in [0.25, 0.3) is 0 Å². The summed E-state index contributed by atoms with van der Waals surface area (Å²) >= 11 is 0. The van der Waals surface area contributed by atoms with Crippen molar-refractivity contribution in [2.75, 3.05) is 40.0 Å². The molecule has 1 heterocycles. The van der Waals surface area contributed by atoms with Crippen LogP contribution in [0.4, 0.5) is 13.2 Å². The van der Waals surface area contributed by atoms with Gasteiger partial charge in [-0.15, -0.1) is 0 Å². The molecule has 1 saturated heterocycles. The number of alkyl halides is 3. The zero-order valence-electron chi connectivity index (χ0n) is 16.0. The number of halogens is 3. The lowest BCUT2D eigenvalue weighted by Gasteiger charge is -2.35. The van der Waals surface area contributed by atoms with Crippen LogP contribution in [0, 0.1) is 0 Å². The molecule has 1 fully saturated rings. The quantitative estimate of drug-likeness (QED) is 0.795. The molecule has 2 aromatic carbocycles. The van der Waals surface area contributed by atoms with Crippen molar-refractivity contribution in [3.63, 3.8) is 0 Å². The number of nitrogens with zero attached hydrogens (tertiary/aromatic N) is 1. The summed E-state index contributed by atoms with van der Waals surface area (Å²) in [6.45, 7) is 3.00. The Kier molecular flexibility index (Phi) is 6.76. The van der Waals surface area contributed by atoms with E-state index >= 15 is 0 Å². The van der Waals surface area contributed by atoms with Crippen LogP contribution in [-0.2, 0) is 10.9 Å². The molecule has 0 spiro atoms. The second-order valence-corrected chi connectivity index (χ2v) is 6.72. The number of methoxy groups -OCH3 is 1. The number of nitrogens with one attached hydrogen (secondary N) is 1. The van der Waals surface area contributed by atoms with Gasteiger partial charge in [0.1, 0.15) is 5.75 Å². The maximum absolute atomic E-state index is 12.7. The molecule has 1 amide bonds. The predicted octanol–water partition coefficient (Wildman–Crippen LogP) is 3.52. The van der Waals surface area contributed by atoms with Crippen molar-refractivity contribution >= 4 is 5.91 Å². The molecule has 1 atom stereocenters. The van der Waals surface area contributed by atoms with Crippen molar-refractivity contribution in [2.45, 2.75) is 12.2 Å².